The fourth-order valence-corrected chi connectivity index (χ4v) is 9.49. The lowest BCUT2D eigenvalue weighted by Crippen LogP contribution is -2.28. The lowest BCUT2D eigenvalue weighted by atomic mass is 9.73. The number of nitrogens with zero attached hydrogens (tertiary/aromatic N) is 2. The zero-order chi connectivity index (χ0) is 40.0. The zero-order valence-corrected chi connectivity index (χ0v) is 34.2. The molecule has 59 heavy (non-hydrogen) atoms. The van der Waals surface area contributed by atoms with E-state index in [0.29, 0.717) is 17.8 Å². The largest absolute Gasteiger partial charge is 0.280 e. The summed E-state index contributed by atoms with van der Waals surface area (Å²) in [6.45, 7) is 4.74. The van der Waals surface area contributed by atoms with Crippen molar-refractivity contribution in [2.24, 2.45) is 21.8 Å². The van der Waals surface area contributed by atoms with Gasteiger partial charge in [0.1, 0.15) is 0 Å². The van der Waals surface area contributed by atoms with Gasteiger partial charge in [-0.2, -0.15) is 0 Å². The Balaban J connectivity index is 1.07. The van der Waals surface area contributed by atoms with Crippen LogP contribution in [0.1, 0.15) is 91.3 Å². The molecule has 0 amide bonds. The van der Waals surface area contributed by atoms with E-state index < -0.39 is 0 Å². The van der Waals surface area contributed by atoms with Crippen molar-refractivity contribution >= 4 is 33.5 Å². The van der Waals surface area contributed by atoms with Crippen LogP contribution in [-0.4, -0.2) is 11.4 Å². The van der Waals surface area contributed by atoms with Crippen LogP contribution in [0.4, 0.5) is 0 Å². The molecule has 0 fully saturated rings. The number of aliphatic imine (C=N–C) groups is 2. The van der Waals surface area contributed by atoms with Crippen LogP contribution in [-0.2, 0) is 0 Å². The molecule has 2 heterocycles. The van der Waals surface area contributed by atoms with Crippen molar-refractivity contribution in [2.45, 2.75) is 57.9 Å². The van der Waals surface area contributed by atoms with Gasteiger partial charge >= 0.3 is 0 Å². The molecular formula is C57H52N2. The Labute approximate surface area is 350 Å². The molecule has 0 N–H and O–H groups in total. The first-order chi connectivity index (χ1) is 29.1. The molecule has 0 radical (unpaired) electrons. The first-order valence-electron chi connectivity index (χ1n) is 21.6. The normalized spacial score (nSPS) is 23.4. The number of hydrogen-bond donors (Lipinski definition) is 0. The first-order valence-corrected chi connectivity index (χ1v) is 21.6. The third kappa shape index (κ3) is 8.18. The van der Waals surface area contributed by atoms with Gasteiger partial charge in [-0.1, -0.05) is 202 Å². The molecular weight excluding hydrogens is 713 g/mol. The van der Waals surface area contributed by atoms with Gasteiger partial charge in [-0.25, -0.2) is 0 Å². The summed E-state index contributed by atoms with van der Waals surface area (Å²) >= 11 is 0. The van der Waals surface area contributed by atoms with Gasteiger partial charge in [-0.15, -0.1) is 0 Å². The topological polar surface area (TPSA) is 24.7 Å². The third-order valence-electron chi connectivity index (χ3n) is 12.6. The Morgan fingerprint density at radius 1 is 0.525 bits per heavy atom. The van der Waals surface area contributed by atoms with Gasteiger partial charge in [0.25, 0.3) is 0 Å². The lowest BCUT2D eigenvalue weighted by Gasteiger charge is -2.35. The van der Waals surface area contributed by atoms with E-state index in [1.165, 1.54) is 61.0 Å². The fourth-order valence-electron chi connectivity index (χ4n) is 9.49. The molecule has 2 aliphatic rings. The van der Waals surface area contributed by atoms with Gasteiger partial charge in [-0.05, 0) is 99.7 Å². The second-order valence-electron chi connectivity index (χ2n) is 16.3. The van der Waals surface area contributed by atoms with Crippen molar-refractivity contribution in [3.8, 4) is 11.1 Å². The number of allylic oxidation sites excluding steroid dienone is 3. The summed E-state index contributed by atoms with van der Waals surface area (Å²) in [5, 5.41) is 2.48. The molecule has 4 unspecified atom stereocenters. The number of fused-ring (bicyclic) bond motifs is 1. The van der Waals surface area contributed by atoms with Gasteiger partial charge in [0.15, 0.2) is 0 Å². The molecule has 0 saturated carbocycles. The van der Waals surface area contributed by atoms with Crippen LogP contribution in [0.15, 0.2) is 204 Å². The van der Waals surface area contributed by atoms with E-state index in [1.807, 2.05) is 0 Å². The van der Waals surface area contributed by atoms with Crippen molar-refractivity contribution < 1.29 is 0 Å². The molecule has 2 nitrogen and oxygen atoms in total. The number of hydrogen-bond acceptors (Lipinski definition) is 2. The average molecular weight is 765 g/mol. The maximum absolute atomic E-state index is 5.76. The second-order valence-corrected chi connectivity index (χ2v) is 16.3. The third-order valence-corrected chi connectivity index (χ3v) is 12.6. The molecule has 9 rings (SSSR count). The number of rotatable bonds is 8. The SMILES string of the molecule is CCC1/C(c2ccccc2)=N\C(c2ccc(-c3ccc(/C4=N/C(c5ccccc5)=C\C(c5ccccc5)=C/CC4)c4ccccc34)cc2)C(C)CCC1c1ccccc1. The molecule has 7 aromatic rings. The summed E-state index contributed by atoms with van der Waals surface area (Å²) in [5.41, 5.74) is 14.5. The Bertz CT molecular complexity index is 2640. The smallest absolute Gasteiger partial charge is 0.0778 e. The average Bonchev–Trinajstić information content (AvgIpc) is 3.29. The van der Waals surface area contributed by atoms with Crippen LogP contribution in [0.5, 0.6) is 0 Å². The van der Waals surface area contributed by atoms with E-state index in [1.54, 1.807) is 0 Å². The van der Waals surface area contributed by atoms with Gasteiger partial charge in [0, 0.05) is 28.5 Å². The standard InChI is InChI=1S/C57H52N2/c1-3-48-49(42-21-10-5-11-22-42)36-31-40(2)56(59-57(48)45-25-14-7-15-26-45)46-34-32-43(33-35-46)50-37-38-53(52-29-17-16-28-51(50)52)54-30-18-27-47(41-19-8-4-9-20-41)39-55(58-54)44-23-12-6-13-24-44/h4-17,19-29,32-35,37-40,48-49,56H,3,18,30-31,36H2,1-2H3/b47-27+,55-39-,58-54+,59-57-. The van der Waals surface area contributed by atoms with Crippen molar-refractivity contribution in [3.05, 3.63) is 228 Å². The molecule has 4 atom stereocenters. The summed E-state index contributed by atoms with van der Waals surface area (Å²) in [5.74, 6) is 1.20. The first kappa shape index (κ1) is 38.2. The zero-order valence-electron chi connectivity index (χ0n) is 34.2. The molecule has 0 aromatic heterocycles. The number of benzene rings is 7. The van der Waals surface area contributed by atoms with Crippen LogP contribution < -0.4 is 0 Å². The van der Waals surface area contributed by atoms with Gasteiger partial charge in [0.2, 0.25) is 0 Å². The minimum absolute atomic E-state index is 0.0878. The van der Waals surface area contributed by atoms with Crippen LogP contribution in [0, 0.1) is 11.8 Å². The maximum atomic E-state index is 5.76. The molecule has 0 saturated heterocycles. The van der Waals surface area contributed by atoms with Crippen LogP contribution in [0.3, 0.4) is 0 Å². The molecule has 290 valence electrons. The van der Waals surface area contributed by atoms with E-state index in [-0.39, 0.29) is 6.04 Å². The van der Waals surface area contributed by atoms with Crippen LogP contribution >= 0.6 is 0 Å². The Morgan fingerprint density at radius 3 is 1.76 bits per heavy atom. The van der Waals surface area contributed by atoms with Gasteiger partial charge in [0.05, 0.1) is 11.7 Å². The minimum atomic E-state index is 0.0878. The summed E-state index contributed by atoms with van der Waals surface area (Å²) < 4.78 is 0. The maximum Gasteiger partial charge on any atom is 0.0778 e. The van der Waals surface area contributed by atoms with Gasteiger partial charge < -0.3 is 0 Å². The highest BCUT2D eigenvalue weighted by molar-refractivity contribution is 6.15. The quantitative estimate of drug-likeness (QED) is 0.147. The molecule has 2 aliphatic heterocycles. The molecule has 0 spiro atoms. The molecule has 0 bridgehead atoms. The Hall–Kier alpha value is -6.38. The highest BCUT2D eigenvalue weighted by Crippen LogP contribution is 2.43. The lowest BCUT2D eigenvalue weighted by molar-refractivity contribution is 0.362. The van der Waals surface area contributed by atoms with Crippen LogP contribution in [0.2, 0.25) is 0 Å². The van der Waals surface area contributed by atoms with Crippen molar-refractivity contribution in [2.75, 3.05) is 0 Å². The highest BCUT2D eigenvalue weighted by atomic mass is 14.8. The summed E-state index contributed by atoms with van der Waals surface area (Å²) in [6, 6.07) is 66.2. The van der Waals surface area contributed by atoms with E-state index in [2.05, 4.69) is 208 Å². The highest BCUT2D eigenvalue weighted by Gasteiger charge is 2.33. The van der Waals surface area contributed by atoms with E-state index >= 15 is 0 Å². The van der Waals surface area contributed by atoms with Crippen molar-refractivity contribution in [1.29, 1.82) is 0 Å². The van der Waals surface area contributed by atoms with E-state index in [9.17, 15) is 0 Å². The molecule has 2 heteroatoms. The Morgan fingerprint density at radius 2 is 1.10 bits per heavy atom. The fraction of sp³-hybridized carbons (Fsp3) is 0.193. The summed E-state index contributed by atoms with van der Waals surface area (Å²) in [7, 11) is 0. The Kier molecular flexibility index (Phi) is 11.4. The summed E-state index contributed by atoms with van der Waals surface area (Å²) in [6.07, 6.45) is 9.75. The molecule has 7 aromatic carbocycles. The van der Waals surface area contributed by atoms with Gasteiger partial charge in [-0.3, -0.25) is 9.98 Å². The van der Waals surface area contributed by atoms with Crippen molar-refractivity contribution in [3.63, 3.8) is 0 Å². The van der Waals surface area contributed by atoms with Crippen LogP contribution in [0.25, 0.3) is 33.2 Å². The minimum Gasteiger partial charge on any atom is -0.280 e. The van der Waals surface area contributed by atoms with E-state index in [0.717, 1.165) is 49.1 Å². The molecule has 0 aliphatic carbocycles. The predicted molar refractivity (Wildman–Crippen MR) is 251 cm³/mol. The monoisotopic (exact) mass is 764 g/mol. The van der Waals surface area contributed by atoms with E-state index in [4.69, 9.17) is 9.98 Å². The second kappa shape index (κ2) is 17.6. The summed E-state index contributed by atoms with van der Waals surface area (Å²) in [4.78, 5) is 11.2. The predicted octanol–water partition coefficient (Wildman–Crippen LogP) is 15.0. The van der Waals surface area contributed by atoms with Crippen molar-refractivity contribution in [1.82, 2.24) is 0 Å².